The first-order valence-electron chi connectivity index (χ1n) is 8.61. The molecule has 26 heavy (non-hydrogen) atoms. The normalized spacial score (nSPS) is 15.9. The van der Waals surface area contributed by atoms with Crippen molar-refractivity contribution in [1.29, 1.82) is 0 Å². The fraction of sp³-hybridized carbons (Fsp3) is 0.250. The Morgan fingerprint density at radius 3 is 2.96 bits per heavy atom. The molecule has 2 aromatic carbocycles. The average Bonchev–Trinajstić information content (AvgIpc) is 3.29. The van der Waals surface area contributed by atoms with Crippen molar-refractivity contribution in [3.05, 3.63) is 65.2 Å². The Bertz CT molecular complexity index is 969. The number of hydrogen-bond donors (Lipinski definition) is 0. The predicted molar refractivity (Wildman–Crippen MR) is 92.3 cm³/mol. The molecule has 5 rings (SSSR count). The molecule has 0 bridgehead atoms. The van der Waals surface area contributed by atoms with Crippen molar-refractivity contribution < 1.29 is 18.4 Å². The molecule has 0 saturated heterocycles. The highest BCUT2D eigenvalue weighted by Crippen LogP contribution is 2.37. The fourth-order valence-electron chi connectivity index (χ4n) is 3.62. The van der Waals surface area contributed by atoms with Gasteiger partial charge in [0.1, 0.15) is 17.3 Å². The number of ether oxygens (including phenoxy) is 2. The lowest BCUT2D eigenvalue weighted by molar-refractivity contribution is 0.171. The minimum atomic E-state index is -0.274. The predicted octanol–water partition coefficient (Wildman–Crippen LogP) is 3.77. The number of fused-ring (bicyclic) bond motifs is 2. The van der Waals surface area contributed by atoms with E-state index >= 15 is 0 Å². The standard InChI is InChI=1S/C20H17FN2O3/c21-15-5-1-3-13(9-15)19-16-11-23(8-7-17(16)26-22-19)10-14-4-2-6-18-20(14)25-12-24-18/h1-6,9H,7-8,10-12H2. The minimum Gasteiger partial charge on any atom is -0.454 e. The van der Waals surface area contributed by atoms with Gasteiger partial charge in [-0.05, 0) is 18.2 Å². The second-order valence-electron chi connectivity index (χ2n) is 6.55. The molecular weight excluding hydrogens is 335 g/mol. The molecule has 3 heterocycles. The first-order chi connectivity index (χ1) is 12.8. The lowest BCUT2D eigenvalue weighted by atomic mass is 10.0. The van der Waals surface area contributed by atoms with E-state index in [-0.39, 0.29) is 12.6 Å². The molecule has 0 amide bonds. The molecule has 6 heteroatoms. The van der Waals surface area contributed by atoms with Crippen molar-refractivity contribution in [2.75, 3.05) is 13.3 Å². The third-order valence-corrected chi connectivity index (χ3v) is 4.88. The topological polar surface area (TPSA) is 47.7 Å². The highest BCUT2D eigenvalue weighted by atomic mass is 19.1. The maximum atomic E-state index is 13.6. The summed E-state index contributed by atoms with van der Waals surface area (Å²) in [6.07, 6.45) is 0.782. The van der Waals surface area contributed by atoms with Crippen LogP contribution in [0.3, 0.4) is 0 Å². The molecule has 2 aliphatic rings. The van der Waals surface area contributed by atoms with E-state index in [1.807, 2.05) is 18.2 Å². The number of hydrogen-bond acceptors (Lipinski definition) is 5. The fourth-order valence-corrected chi connectivity index (χ4v) is 3.62. The number of rotatable bonds is 3. The van der Waals surface area contributed by atoms with Gasteiger partial charge < -0.3 is 14.0 Å². The van der Waals surface area contributed by atoms with Crippen LogP contribution < -0.4 is 9.47 Å². The molecule has 0 radical (unpaired) electrons. The summed E-state index contributed by atoms with van der Waals surface area (Å²) >= 11 is 0. The molecule has 1 aromatic heterocycles. The SMILES string of the molecule is Fc1cccc(-c2noc3c2CN(Cc2cccc4c2OCO4)CC3)c1. The molecule has 132 valence electrons. The summed E-state index contributed by atoms with van der Waals surface area (Å²) in [4.78, 5) is 2.32. The number of para-hydroxylation sites is 1. The van der Waals surface area contributed by atoms with Crippen molar-refractivity contribution >= 4 is 0 Å². The van der Waals surface area contributed by atoms with E-state index in [9.17, 15) is 4.39 Å². The van der Waals surface area contributed by atoms with Crippen molar-refractivity contribution in [3.63, 3.8) is 0 Å². The summed E-state index contributed by atoms with van der Waals surface area (Å²) in [6.45, 7) is 2.59. The molecule has 0 fully saturated rings. The van der Waals surface area contributed by atoms with Gasteiger partial charge in [0.05, 0.1) is 0 Å². The molecule has 0 spiro atoms. The summed E-state index contributed by atoms with van der Waals surface area (Å²) in [5.41, 5.74) is 3.61. The molecule has 3 aromatic rings. The van der Waals surface area contributed by atoms with E-state index in [1.165, 1.54) is 12.1 Å². The van der Waals surface area contributed by atoms with Crippen LogP contribution in [0.1, 0.15) is 16.9 Å². The maximum absolute atomic E-state index is 13.6. The molecule has 2 aliphatic heterocycles. The Morgan fingerprint density at radius 1 is 1.12 bits per heavy atom. The smallest absolute Gasteiger partial charge is 0.231 e. The Morgan fingerprint density at radius 2 is 2.04 bits per heavy atom. The first kappa shape index (κ1) is 15.4. The monoisotopic (exact) mass is 352 g/mol. The Balaban J connectivity index is 1.42. The lowest BCUT2D eigenvalue weighted by Crippen LogP contribution is -2.29. The second kappa shape index (κ2) is 6.14. The number of aromatic nitrogens is 1. The van der Waals surface area contributed by atoms with Gasteiger partial charge in [-0.15, -0.1) is 0 Å². The molecule has 0 N–H and O–H groups in total. The number of halogens is 1. The van der Waals surface area contributed by atoms with Gasteiger partial charge in [0.15, 0.2) is 11.5 Å². The molecule has 5 nitrogen and oxygen atoms in total. The van der Waals surface area contributed by atoms with Crippen LogP contribution >= 0.6 is 0 Å². The Hall–Kier alpha value is -2.86. The first-order valence-corrected chi connectivity index (χ1v) is 8.61. The number of benzene rings is 2. The van der Waals surface area contributed by atoms with Crippen LogP contribution in [0, 0.1) is 5.82 Å². The minimum absolute atomic E-state index is 0.270. The van der Waals surface area contributed by atoms with Crippen LogP contribution in [0.4, 0.5) is 4.39 Å². The maximum Gasteiger partial charge on any atom is 0.231 e. The summed E-state index contributed by atoms with van der Waals surface area (Å²) in [5.74, 6) is 2.24. The highest BCUT2D eigenvalue weighted by Gasteiger charge is 2.26. The summed E-state index contributed by atoms with van der Waals surface area (Å²) in [5, 5.41) is 4.20. The van der Waals surface area contributed by atoms with Gasteiger partial charge in [-0.25, -0.2) is 4.39 Å². The van der Waals surface area contributed by atoms with Crippen LogP contribution in [-0.2, 0) is 19.5 Å². The second-order valence-corrected chi connectivity index (χ2v) is 6.55. The van der Waals surface area contributed by atoms with Crippen molar-refractivity contribution in [3.8, 4) is 22.8 Å². The molecular formula is C20H17FN2O3. The van der Waals surface area contributed by atoms with E-state index in [0.717, 1.165) is 59.2 Å². The van der Waals surface area contributed by atoms with Gasteiger partial charge in [0.2, 0.25) is 6.79 Å². The molecule has 0 atom stereocenters. The third-order valence-electron chi connectivity index (χ3n) is 4.88. The zero-order chi connectivity index (χ0) is 17.5. The van der Waals surface area contributed by atoms with E-state index in [1.54, 1.807) is 6.07 Å². The summed E-state index contributed by atoms with van der Waals surface area (Å²) < 4.78 is 30.2. The van der Waals surface area contributed by atoms with Crippen molar-refractivity contribution in [2.24, 2.45) is 0 Å². The average molecular weight is 352 g/mol. The van der Waals surface area contributed by atoms with Crippen LogP contribution in [0.5, 0.6) is 11.5 Å². The van der Waals surface area contributed by atoms with E-state index < -0.39 is 0 Å². The van der Waals surface area contributed by atoms with Crippen molar-refractivity contribution in [2.45, 2.75) is 19.5 Å². The zero-order valence-corrected chi connectivity index (χ0v) is 14.1. The van der Waals surface area contributed by atoms with E-state index in [2.05, 4.69) is 16.1 Å². The van der Waals surface area contributed by atoms with Crippen LogP contribution in [-0.4, -0.2) is 23.4 Å². The Labute approximate surface area is 149 Å². The quantitative estimate of drug-likeness (QED) is 0.718. The van der Waals surface area contributed by atoms with Gasteiger partial charge in [-0.3, -0.25) is 4.90 Å². The largest absolute Gasteiger partial charge is 0.454 e. The van der Waals surface area contributed by atoms with Gasteiger partial charge in [-0.2, -0.15) is 0 Å². The summed E-state index contributed by atoms with van der Waals surface area (Å²) in [7, 11) is 0. The highest BCUT2D eigenvalue weighted by molar-refractivity contribution is 5.63. The third kappa shape index (κ3) is 2.63. The molecule has 0 unspecified atom stereocenters. The van der Waals surface area contributed by atoms with E-state index in [4.69, 9.17) is 14.0 Å². The zero-order valence-electron chi connectivity index (χ0n) is 14.1. The summed E-state index contributed by atoms with van der Waals surface area (Å²) in [6, 6.07) is 12.4. The van der Waals surface area contributed by atoms with Gasteiger partial charge >= 0.3 is 0 Å². The van der Waals surface area contributed by atoms with Gasteiger partial charge in [0, 0.05) is 42.7 Å². The molecule has 0 aliphatic carbocycles. The number of nitrogens with zero attached hydrogens (tertiary/aromatic N) is 2. The van der Waals surface area contributed by atoms with Crippen LogP contribution in [0.15, 0.2) is 47.0 Å². The van der Waals surface area contributed by atoms with Crippen LogP contribution in [0.2, 0.25) is 0 Å². The molecule has 0 saturated carbocycles. The van der Waals surface area contributed by atoms with Gasteiger partial charge in [-0.1, -0.05) is 29.4 Å². The van der Waals surface area contributed by atoms with Crippen molar-refractivity contribution in [1.82, 2.24) is 10.1 Å². The van der Waals surface area contributed by atoms with Gasteiger partial charge in [0.25, 0.3) is 0 Å². The lowest BCUT2D eigenvalue weighted by Gasteiger charge is -2.26. The van der Waals surface area contributed by atoms with E-state index in [0.29, 0.717) is 6.54 Å². The Kier molecular flexibility index (Phi) is 3.64. The van der Waals surface area contributed by atoms with Crippen LogP contribution in [0.25, 0.3) is 11.3 Å².